The summed E-state index contributed by atoms with van der Waals surface area (Å²) >= 11 is 1.28. The summed E-state index contributed by atoms with van der Waals surface area (Å²) in [6, 6.07) is 5.81. The van der Waals surface area contributed by atoms with E-state index < -0.39 is 18.0 Å². The number of nitrogens with zero attached hydrogens (tertiary/aromatic N) is 3. The Morgan fingerprint density at radius 3 is 2.65 bits per heavy atom. The van der Waals surface area contributed by atoms with E-state index in [2.05, 4.69) is 10.2 Å². The van der Waals surface area contributed by atoms with Gasteiger partial charge in [-0.05, 0) is 37.1 Å². The third-order valence-electron chi connectivity index (χ3n) is 3.98. The molecule has 2 heterocycles. The lowest BCUT2D eigenvalue weighted by atomic mass is 9.98. The van der Waals surface area contributed by atoms with Crippen molar-refractivity contribution in [3.8, 4) is 0 Å². The molecule has 1 unspecified atom stereocenters. The Labute approximate surface area is 150 Å². The fraction of sp³-hybridized carbons (Fsp3) is 0.438. The summed E-state index contributed by atoms with van der Waals surface area (Å²) < 4.78 is 55.3. The number of halogens is 4. The molecule has 1 aliphatic rings. The molecular formula is C16H15F4N3O2S. The highest BCUT2D eigenvalue weighted by Gasteiger charge is 2.39. The van der Waals surface area contributed by atoms with E-state index in [1.807, 2.05) is 0 Å². The molecule has 0 saturated carbocycles. The van der Waals surface area contributed by atoms with E-state index in [0.29, 0.717) is 19.4 Å². The Balaban J connectivity index is 1.58. The lowest BCUT2D eigenvalue weighted by Crippen LogP contribution is -2.40. The Hall–Kier alpha value is -2.10. The average molecular weight is 389 g/mol. The number of hydrogen-bond acceptors (Lipinski definition) is 5. The van der Waals surface area contributed by atoms with E-state index in [1.165, 1.54) is 23.9 Å². The summed E-state index contributed by atoms with van der Waals surface area (Å²) in [7, 11) is 0. The summed E-state index contributed by atoms with van der Waals surface area (Å²) in [4.78, 5) is 14.7. The molecule has 0 N–H and O–H groups in total. The van der Waals surface area contributed by atoms with E-state index in [4.69, 9.17) is 4.42 Å². The first-order valence-corrected chi connectivity index (χ1v) is 8.88. The molecule has 3 rings (SSSR count). The highest BCUT2D eigenvalue weighted by atomic mass is 32.2. The maximum absolute atomic E-state index is 12.9. The van der Waals surface area contributed by atoms with E-state index in [-0.39, 0.29) is 29.9 Å². The quantitative estimate of drug-likeness (QED) is 0.589. The smallest absolute Gasteiger partial charge is 0.417 e. The zero-order chi connectivity index (χ0) is 18.7. The van der Waals surface area contributed by atoms with E-state index in [1.54, 1.807) is 17.0 Å². The lowest BCUT2D eigenvalue weighted by molar-refractivity contribution is -0.157. The zero-order valence-electron chi connectivity index (χ0n) is 13.5. The van der Waals surface area contributed by atoms with Crippen molar-refractivity contribution in [3.05, 3.63) is 41.9 Å². The van der Waals surface area contributed by atoms with Crippen LogP contribution in [0.15, 0.2) is 33.6 Å². The van der Waals surface area contributed by atoms with Gasteiger partial charge >= 0.3 is 12.1 Å². The van der Waals surface area contributed by atoms with Gasteiger partial charge in [-0.15, -0.1) is 22.0 Å². The SMILES string of the molecule is O=C(CSc1ccc(F)cc1)N1CCCC(c2nnc(C(F)(F)F)o2)C1. The van der Waals surface area contributed by atoms with Gasteiger partial charge in [-0.2, -0.15) is 13.2 Å². The number of carbonyl (C=O) groups excluding carboxylic acids is 1. The molecular weight excluding hydrogens is 374 g/mol. The fourth-order valence-electron chi connectivity index (χ4n) is 2.69. The van der Waals surface area contributed by atoms with Crippen LogP contribution in [0.2, 0.25) is 0 Å². The highest BCUT2D eigenvalue weighted by Crippen LogP contribution is 2.32. The third-order valence-corrected chi connectivity index (χ3v) is 4.98. The second kappa shape index (κ2) is 7.65. The Morgan fingerprint density at radius 2 is 2.00 bits per heavy atom. The van der Waals surface area contributed by atoms with Gasteiger partial charge in [0.25, 0.3) is 0 Å². The molecule has 1 amide bonds. The summed E-state index contributed by atoms with van der Waals surface area (Å²) in [6.07, 6.45) is -3.46. The third kappa shape index (κ3) is 4.54. The summed E-state index contributed by atoms with van der Waals surface area (Å²) in [5.41, 5.74) is 0. The normalized spacial score (nSPS) is 18.2. The average Bonchev–Trinajstić information content (AvgIpc) is 3.12. The van der Waals surface area contributed by atoms with Gasteiger partial charge in [0.2, 0.25) is 11.8 Å². The molecule has 10 heteroatoms. The number of hydrogen-bond donors (Lipinski definition) is 0. The van der Waals surface area contributed by atoms with Crippen LogP contribution in [0.25, 0.3) is 0 Å². The maximum atomic E-state index is 12.9. The van der Waals surface area contributed by atoms with Gasteiger partial charge in [0.1, 0.15) is 5.82 Å². The van der Waals surface area contributed by atoms with Crippen molar-refractivity contribution in [1.29, 1.82) is 0 Å². The minimum atomic E-state index is -4.68. The molecule has 0 aliphatic carbocycles. The molecule has 1 aliphatic heterocycles. The van der Waals surface area contributed by atoms with Gasteiger partial charge in [0, 0.05) is 18.0 Å². The number of carbonyl (C=O) groups is 1. The van der Waals surface area contributed by atoms with Crippen molar-refractivity contribution >= 4 is 17.7 Å². The maximum Gasteiger partial charge on any atom is 0.470 e. The van der Waals surface area contributed by atoms with Crippen LogP contribution in [0.4, 0.5) is 17.6 Å². The first kappa shape index (κ1) is 18.7. The minimum Gasteiger partial charge on any atom is -0.417 e. The van der Waals surface area contributed by atoms with Crippen molar-refractivity contribution in [2.24, 2.45) is 0 Å². The highest BCUT2D eigenvalue weighted by molar-refractivity contribution is 8.00. The van der Waals surface area contributed by atoms with Gasteiger partial charge in [-0.3, -0.25) is 4.79 Å². The van der Waals surface area contributed by atoms with Crippen LogP contribution in [0, 0.1) is 5.82 Å². The second-order valence-corrected chi connectivity index (χ2v) is 6.91. The van der Waals surface area contributed by atoms with Crippen molar-refractivity contribution in [2.45, 2.75) is 29.8 Å². The van der Waals surface area contributed by atoms with Gasteiger partial charge in [0.05, 0.1) is 11.7 Å². The molecule has 1 fully saturated rings. The predicted molar refractivity (Wildman–Crippen MR) is 85.0 cm³/mol. The number of amides is 1. The number of alkyl halides is 3. The molecule has 0 radical (unpaired) electrons. The van der Waals surface area contributed by atoms with Crippen LogP contribution in [-0.2, 0) is 11.0 Å². The largest absolute Gasteiger partial charge is 0.470 e. The van der Waals surface area contributed by atoms with Crippen LogP contribution < -0.4 is 0 Å². The topological polar surface area (TPSA) is 59.2 Å². The lowest BCUT2D eigenvalue weighted by Gasteiger charge is -2.31. The number of aromatic nitrogens is 2. The molecule has 2 aromatic rings. The summed E-state index contributed by atoms with van der Waals surface area (Å²) in [5.74, 6) is -2.21. The molecule has 1 aromatic heterocycles. The number of piperidine rings is 1. The first-order chi connectivity index (χ1) is 12.3. The number of rotatable bonds is 4. The van der Waals surface area contributed by atoms with Crippen LogP contribution in [0.3, 0.4) is 0 Å². The number of benzene rings is 1. The first-order valence-electron chi connectivity index (χ1n) is 7.89. The Morgan fingerprint density at radius 1 is 1.27 bits per heavy atom. The molecule has 1 atom stereocenters. The molecule has 0 spiro atoms. The minimum absolute atomic E-state index is 0.0963. The van der Waals surface area contributed by atoms with Crippen molar-refractivity contribution in [2.75, 3.05) is 18.8 Å². The van der Waals surface area contributed by atoms with E-state index >= 15 is 0 Å². The second-order valence-electron chi connectivity index (χ2n) is 5.86. The number of likely N-dealkylation sites (tertiary alicyclic amines) is 1. The van der Waals surface area contributed by atoms with Crippen LogP contribution in [0.1, 0.15) is 30.5 Å². The Kier molecular flexibility index (Phi) is 5.49. The standard InChI is InChI=1S/C16H15F4N3O2S/c17-11-3-5-12(6-4-11)26-9-13(24)23-7-1-2-10(8-23)14-21-22-15(25-14)16(18,19)20/h3-6,10H,1-2,7-9H2. The van der Waals surface area contributed by atoms with Gasteiger partial charge in [-0.25, -0.2) is 4.39 Å². The molecule has 5 nitrogen and oxygen atoms in total. The monoisotopic (exact) mass is 389 g/mol. The summed E-state index contributed by atoms with van der Waals surface area (Å²) in [6.45, 7) is 0.766. The molecule has 140 valence electrons. The number of thioether (sulfide) groups is 1. The molecule has 26 heavy (non-hydrogen) atoms. The van der Waals surface area contributed by atoms with Crippen molar-refractivity contribution in [1.82, 2.24) is 15.1 Å². The van der Waals surface area contributed by atoms with Crippen LogP contribution in [-0.4, -0.2) is 39.8 Å². The zero-order valence-corrected chi connectivity index (χ0v) is 14.3. The fourth-order valence-corrected chi connectivity index (χ4v) is 3.49. The molecule has 1 aromatic carbocycles. The van der Waals surface area contributed by atoms with Crippen molar-refractivity contribution < 1.29 is 26.8 Å². The molecule has 0 bridgehead atoms. The predicted octanol–water partition coefficient (Wildman–Crippen LogP) is 3.73. The van der Waals surface area contributed by atoms with Crippen LogP contribution in [0.5, 0.6) is 0 Å². The van der Waals surface area contributed by atoms with Gasteiger partial charge in [-0.1, -0.05) is 0 Å². The Bertz CT molecular complexity index is 764. The summed E-state index contributed by atoms with van der Waals surface area (Å²) in [5, 5.41) is 6.52. The van der Waals surface area contributed by atoms with Gasteiger partial charge in [0.15, 0.2) is 0 Å². The van der Waals surface area contributed by atoms with E-state index in [0.717, 1.165) is 4.90 Å². The van der Waals surface area contributed by atoms with Crippen molar-refractivity contribution in [3.63, 3.8) is 0 Å². The van der Waals surface area contributed by atoms with Crippen LogP contribution >= 0.6 is 11.8 Å². The molecule has 1 saturated heterocycles. The van der Waals surface area contributed by atoms with Gasteiger partial charge < -0.3 is 9.32 Å². The van der Waals surface area contributed by atoms with E-state index in [9.17, 15) is 22.4 Å².